The Kier molecular flexibility index (Phi) is 3.84. The van der Waals surface area contributed by atoms with Crippen LogP contribution in [0.15, 0.2) is 45.3 Å². The van der Waals surface area contributed by atoms with Crippen molar-refractivity contribution in [3.63, 3.8) is 0 Å². The maximum atomic E-state index is 13.9. The molecular weight excluding hydrogens is 391 g/mol. The van der Waals surface area contributed by atoms with Crippen LogP contribution in [-0.2, 0) is 0 Å². The topological polar surface area (TPSA) is 29.5 Å². The molecule has 1 N–H and O–H groups in total. The molecule has 0 saturated heterocycles. The molecule has 3 rings (SSSR count). The molecule has 104 valence electrons. The quantitative estimate of drug-likeness (QED) is 0.735. The number of fused-ring (bicyclic) bond motifs is 1. The smallest absolute Gasteiger partial charge is 0.130 e. The molecule has 0 bridgehead atoms. The van der Waals surface area contributed by atoms with Gasteiger partial charge < -0.3 is 9.84 Å². The number of aliphatic hydroxyl groups is 1. The summed E-state index contributed by atoms with van der Waals surface area (Å²) in [5.74, 6) is 0.266. The highest BCUT2D eigenvalue weighted by Crippen LogP contribution is 2.42. The van der Waals surface area contributed by atoms with E-state index in [0.717, 1.165) is 14.5 Å². The first kappa shape index (κ1) is 14.0. The zero-order valence-electron chi connectivity index (χ0n) is 10.3. The fraction of sp³-hybridized carbons (Fsp3) is 0.200. The molecule has 2 aromatic rings. The molecule has 2 unspecified atom stereocenters. The Morgan fingerprint density at radius 2 is 1.70 bits per heavy atom. The van der Waals surface area contributed by atoms with Crippen molar-refractivity contribution in [2.24, 2.45) is 0 Å². The van der Waals surface area contributed by atoms with Gasteiger partial charge in [0.05, 0.1) is 6.10 Å². The van der Waals surface area contributed by atoms with Gasteiger partial charge in [-0.2, -0.15) is 0 Å². The first-order valence-electron chi connectivity index (χ1n) is 6.13. The van der Waals surface area contributed by atoms with Gasteiger partial charge in [0.15, 0.2) is 0 Å². The molecule has 1 aliphatic rings. The van der Waals surface area contributed by atoms with Gasteiger partial charge in [-0.1, -0.05) is 31.9 Å². The molecule has 0 spiro atoms. The lowest BCUT2D eigenvalue weighted by Crippen LogP contribution is -2.20. The number of halogens is 3. The molecule has 1 aliphatic heterocycles. The molecule has 2 nitrogen and oxygen atoms in total. The molecule has 0 radical (unpaired) electrons. The zero-order valence-corrected chi connectivity index (χ0v) is 13.5. The van der Waals surface area contributed by atoms with Crippen molar-refractivity contribution >= 4 is 31.9 Å². The molecular formula is C15H11Br2FO2. The van der Waals surface area contributed by atoms with Gasteiger partial charge in [0.2, 0.25) is 0 Å². The molecule has 2 aromatic carbocycles. The monoisotopic (exact) mass is 400 g/mol. The van der Waals surface area contributed by atoms with Crippen LogP contribution < -0.4 is 4.74 Å². The average molecular weight is 402 g/mol. The highest BCUT2D eigenvalue weighted by atomic mass is 79.9. The fourth-order valence-electron chi connectivity index (χ4n) is 2.37. The molecule has 0 fully saturated rings. The summed E-state index contributed by atoms with van der Waals surface area (Å²) < 4.78 is 21.4. The van der Waals surface area contributed by atoms with Crippen molar-refractivity contribution in [3.8, 4) is 5.75 Å². The summed E-state index contributed by atoms with van der Waals surface area (Å²) >= 11 is 6.69. The first-order chi connectivity index (χ1) is 9.54. The maximum absolute atomic E-state index is 13.9. The highest BCUT2D eigenvalue weighted by molar-refractivity contribution is 9.10. The lowest BCUT2D eigenvalue weighted by atomic mass is 9.95. The van der Waals surface area contributed by atoms with Crippen LogP contribution in [-0.4, -0.2) is 5.11 Å². The molecule has 0 aromatic heterocycles. The van der Waals surface area contributed by atoms with Crippen molar-refractivity contribution < 1.29 is 14.2 Å². The van der Waals surface area contributed by atoms with Gasteiger partial charge in [-0.05, 0) is 36.4 Å². The Balaban J connectivity index is 1.99. The van der Waals surface area contributed by atoms with Crippen molar-refractivity contribution in [2.45, 2.75) is 18.6 Å². The van der Waals surface area contributed by atoms with Gasteiger partial charge >= 0.3 is 0 Å². The van der Waals surface area contributed by atoms with Gasteiger partial charge in [-0.3, -0.25) is 0 Å². The van der Waals surface area contributed by atoms with E-state index in [9.17, 15) is 9.50 Å². The Labute approximate surface area is 132 Å². The fourth-order valence-corrected chi connectivity index (χ4v) is 3.13. The van der Waals surface area contributed by atoms with Crippen LogP contribution in [0.2, 0.25) is 0 Å². The molecule has 2 atom stereocenters. The van der Waals surface area contributed by atoms with Crippen LogP contribution in [0.5, 0.6) is 5.75 Å². The van der Waals surface area contributed by atoms with E-state index >= 15 is 0 Å². The lowest BCUT2D eigenvalue weighted by Gasteiger charge is -2.30. The predicted molar refractivity (Wildman–Crippen MR) is 81.2 cm³/mol. The predicted octanol–water partition coefficient (Wildman–Crippen LogP) is 4.91. The van der Waals surface area contributed by atoms with E-state index in [-0.39, 0.29) is 5.82 Å². The minimum Gasteiger partial charge on any atom is -0.485 e. The summed E-state index contributed by atoms with van der Waals surface area (Å²) in [6, 6.07) is 10.2. The van der Waals surface area contributed by atoms with E-state index in [0.29, 0.717) is 17.7 Å². The SMILES string of the molecule is OC1CC(c2cc(Br)ccc2F)Oc2ccc(Br)cc21. The Bertz CT molecular complexity index is 660. The van der Waals surface area contributed by atoms with Crippen LogP contribution in [0.25, 0.3) is 0 Å². The summed E-state index contributed by atoms with van der Waals surface area (Å²) in [7, 11) is 0. The van der Waals surface area contributed by atoms with E-state index < -0.39 is 12.2 Å². The minimum atomic E-state index is -0.667. The van der Waals surface area contributed by atoms with Crippen molar-refractivity contribution in [3.05, 3.63) is 62.3 Å². The van der Waals surface area contributed by atoms with E-state index in [1.807, 2.05) is 12.1 Å². The third-order valence-electron chi connectivity index (χ3n) is 3.34. The van der Waals surface area contributed by atoms with Crippen LogP contribution in [0.3, 0.4) is 0 Å². The number of hydrogen-bond donors (Lipinski definition) is 1. The number of rotatable bonds is 1. The second-order valence-electron chi connectivity index (χ2n) is 4.71. The summed E-state index contributed by atoms with van der Waals surface area (Å²) in [4.78, 5) is 0. The number of ether oxygens (including phenoxy) is 1. The van der Waals surface area contributed by atoms with Gasteiger partial charge in [0, 0.05) is 26.5 Å². The maximum Gasteiger partial charge on any atom is 0.130 e. The van der Waals surface area contributed by atoms with Crippen LogP contribution >= 0.6 is 31.9 Å². The Morgan fingerprint density at radius 3 is 2.45 bits per heavy atom. The third kappa shape index (κ3) is 2.62. The number of benzene rings is 2. The van der Waals surface area contributed by atoms with Gasteiger partial charge in [-0.25, -0.2) is 4.39 Å². The van der Waals surface area contributed by atoms with Crippen LogP contribution in [0, 0.1) is 5.82 Å². The van der Waals surface area contributed by atoms with E-state index in [2.05, 4.69) is 31.9 Å². The van der Waals surface area contributed by atoms with Crippen molar-refractivity contribution in [2.75, 3.05) is 0 Å². The van der Waals surface area contributed by atoms with Gasteiger partial charge in [0.1, 0.15) is 17.7 Å². The molecule has 0 saturated carbocycles. The Hall–Kier alpha value is -0.910. The van der Waals surface area contributed by atoms with Gasteiger partial charge in [-0.15, -0.1) is 0 Å². The summed E-state index contributed by atoms with van der Waals surface area (Å²) in [6.45, 7) is 0. The van der Waals surface area contributed by atoms with E-state index in [1.165, 1.54) is 6.07 Å². The van der Waals surface area contributed by atoms with Crippen molar-refractivity contribution in [1.29, 1.82) is 0 Å². The summed E-state index contributed by atoms with van der Waals surface area (Å²) in [6.07, 6.45) is -0.826. The van der Waals surface area contributed by atoms with Crippen LogP contribution in [0.4, 0.5) is 4.39 Å². The number of aliphatic hydroxyl groups excluding tert-OH is 1. The van der Waals surface area contributed by atoms with E-state index in [1.54, 1.807) is 18.2 Å². The summed E-state index contributed by atoms with van der Waals surface area (Å²) in [5.41, 5.74) is 1.18. The van der Waals surface area contributed by atoms with Gasteiger partial charge in [0.25, 0.3) is 0 Å². The molecule has 1 heterocycles. The average Bonchev–Trinajstić information content (AvgIpc) is 2.42. The highest BCUT2D eigenvalue weighted by Gasteiger charge is 2.29. The van der Waals surface area contributed by atoms with Crippen LogP contribution in [0.1, 0.15) is 29.8 Å². The molecule has 20 heavy (non-hydrogen) atoms. The Morgan fingerprint density at radius 1 is 1.05 bits per heavy atom. The molecule has 5 heteroatoms. The number of hydrogen-bond acceptors (Lipinski definition) is 2. The normalized spacial score (nSPS) is 21.2. The standard InChI is InChI=1S/C15H11Br2FO2/c16-8-1-3-12(18)10(5-8)15-7-13(19)11-6-9(17)2-4-14(11)20-15/h1-6,13,15,19H,7H2. The molecule has 0 amide bonds. The van der Waals surface area contributed by atoms with Crippen molar-refractivity contribution in [1.82, 2.24) is 0 Å². The summed E-state index contributed by atoms with van der Waals surface area (Å²) in [5, 5.41) is 10.2. The third-order valence-corrected chi connectivity index (χ3v) is 4.33. The lowest BCUT2D eigenvalue weighted by molar-refractivity contribution is 0.0639. The van der Waals surface area contributed by atoms with E-state index in [4.69, 9.17) is 4.74 Å². The first-order valence-corrected chi connectivity index (χ1v) is 7.72. The zero-order chi connectivity index (χ0) is 14.3. The second kappa shape index (κ2) is 5.47. The largest absolute Gasteiger partial charge is 0.485 e. The minimum absolute atomic E-state index is 0.328. The molecule has 0 aliphatic carbocycles. The second-order valence-corrected chi connectivity index (χ2v) is 6.54.